The minimum absolute atomic E-state index is 0.0156. The van der Waals surface area contributed by atoms with Crippen molar-refractivity contribution in [1.82, 2.24) is 10.6 Å². The number of furan rings is 1. The van der Waals surface area contributed by atoms with E-state index in [4.69, 9.17) is 4.42 Å². The topological polar surface area (TPSA) is 54.3 Å². The van der Waals surface area contributed by atoms with E-state index in [1.807, 2.05) is 19.1 Å². The number of nitrogens with one attached hydrogen (secondary N) is 2. The minimum atomic E-state index is -0.175. The van der Waals surface area contributed by atoms with E-state index in [-0.39, 0.29) is 11.9 Å². The number of amides is 1. The monoisotopic (exact) mass is 280 g/mol. The van der Waals surface area contributed by atoms with Crippen molar-refractivity contribution >= 4 is 5.91 Å². The zero-order chi connectivity index (χ0) is 14.8. The van der Waals surface area contributed by atoms with Gasteiger partial charge in [-0.2, -0.15) is 0 Å². The lowest BCUT2D eigenvalue weighted by Gasteiger charge is -2.19. The molecule has 114 valence electrons. The first kappa shape index (κ1) is 16.8. The number of hydrogen-bond acceptors (Lipinski definition) is 3. The molecule has 0 saturated heterocycles. The summed E-state index contributed by atoms with van der Waals surface area (Å²) in [6, 6.07) is 3.87. The molecule has 4 heteroatoms. The van der Waals surface area contributed by atoms with Crippen LogP contribution < -0.4 is 10.6 Å². The summed E-state index contributed by atoms with van der Waals surface area (Å²) < 4.78 is 5.19. The van der Waals surface area contributed by atoms with Crippen LogP contribution in [0.4, 0.5) is 0 Å². The summed E-state index contributed by atoms with van der Waals surface area (Å²) in [4.78, 5) is 11.9. The molecule has 4 nitrogen and oxygen atoms in total. The van der Waals surface area contributed by atoms with Crippen LogP contribution in [-0.4, -0.2) is 18.0 Å². The molecule has 20 heavy (non-hydrogen) atoms. The highest BCUT2D eigenvalue weighted by Crippen LogP contribution is 2.06. The Bertz CT molecular complexity index is 363. The fraction of sp³-hybridized carbons (Fsp3) is 0.688. The van der Waals surface area contributed by atoms with Crippen LogP contribution in [0.25, 0.3) is 0 Å². The molecule has 0 aromatic carbocycles. The second-order valence-electron chi connectivity index (χ2n) is 5.44. The number of hydrogen-bond donors (Lipinski definition) is 2. The molecular formula is C16H28N2O2. The molecule has 1 rings (SSSR count). The maximum Gasteiger partial charge on any atom is 0.237 e. The van der Waals surface area contributed by atoms with E-state index in [2.05, 4.69) is 24.5 Å². The van der Waals surface area contributed by atoms with Gasteiger partial charge < -0.3 is 15.1 Å². The Kier molecular flexibility index (Phi) is 8.04. The van der Waals surface area contributed by atoms with E-state index in [9.17, 15) is 4.79 Å². The molecule has 0 aliphatic heterocycles. The molecular weight excluding hydrogens is 252 g/mol. The van der Waals surface area contributed by atoms with Gasteiger partial charge in [0.25, 0.3) is 0 Å². The molecule has 0 radical (unpaired) electrons. The maximum atomic E-state index is 11.9. The maximum absolute atomic E-state index is 11.9. The van der Waals surface area contributed by atoms with Crippen molar-refractivity contribution in [3.63, 3.8) is 0 Å². The van der Waals surface area contributed by atoms with Crippen molar-refractivity contribution in [2.45, 2.75) is 71.5 Å². The van der Waals surface area contributed by atoms with Crippen LogP contribution in [0.1, 0.15) is 58.6 Å². The van der Waals surface area contributed by atoms with E-state index < -0.39 is 0 Å². The van der Waals surface area contributed by atoms with Crippen molar-refractivity contribution in [1.29, 1.82) is 0 Å². The first-order valence-corrected chi connectivity index (χ1v) is 7.69. The molecule has 0 saturated carbocycles. The van der Waals surface area contributed by atoms with Gasteiger partial charge in [0.15, 0.2) is 0 Å². The number of unbranched alkanes of at least 4 members (excludes halogenated alkanes) is 3. The molecule has 2 atom stereocenters. The van der Waals surface area contributed by atoms with Crippen LogP contribution in [0.15, 0.2) is 22.8 Å². The average molecular weight is 280 g/mol. The van der Waals surface area contributed by atoms with E-state index in [1.165, 1.54) is 25.7 Å². The third-order valence-corrected chi connectivity index (χ3v) is 3.44. The second kappa shape index (κ2) is 9.59. The van der Waals surface area contributed by atoms with E-state index in [0.29, 0.717) is 12.6 Å². The highest BCUT2D eigenvalue weighted by atomic mass is 16.3. The lowest BCUT2D eigenvalue weighted by Crippen LogP contribution is -2.45. The second-order valence-corrected chi connectivity index (χ2v) is 5.44. The van der Waals surface area contributed by atoms with Crippen molar-refractivity contribution in [2.75, 3.05) is 0 Å². The van der Waals surface area contributed by atoms with Crippen LogP contribution in [0.2, 0.25) is 0 Å². The standard InChI is InChI=1S/C16H28N2O2/c1-4-5-6-7-9-13(2)18-14(3)16(19)17-12-15-10-8-11-20-15/h8,10-11,13-14,18H,4-7,9,12H2,1-3H3,(H,17,19). The highest BCUT2D eigenvalue weighted by Gasteiger charge is 2.14. The van der Waals surface area contributed by atoms with E-state index >= 15 is 0 Å². The predicted molar refractivity (Wildman–Crippen MR) is 81.4 cm³/mol. The van der Waals surface area contributed by atoms with Gasteiger partial charge >= 0.3 is 0 Å². The summed E-state index contributed by atoms with van der Waals surface area (Å²) in [5.41, 5.74) is 0. The Labute approximate surface area is 122 Å². The lowest BCUT2D eigenvalue weighted by molar-refractivity contribution is -0.123. The summed E-state index contributed by atoms with van der Waals surface area (Å²) in [6.45, 7) is 6.71. The van der Waals surface area contributed by atoms with Crippen molar-refractivity contribution in [3.8, 4) is 0 Å². The van der Waals surface area contributed by atoms with Crippen LogP contribution in [0.3, 0.4) is 0 Å². The smallest absolute Gasteiger partial charge is 0.237 e. The molecule has 0 aliphatic carbocycles. The molecule has 0 spiro atoms. The predicted octanol–water partition coefficient (Wildman–Crippen LogP) is 3.23. The average Bonchev–Trinajstić information content (AvgIpc) is 2.94. The van der Waals surface area contributed by atoms with Crippen LogP contribution >= 0.6 is 0 Å². The number of carbonyl (C=O) groups excluding carboxylic acids is 1. The van der Waals surface area contributed by atoms with Crippen LogP contribution in [0, 0.1) is 0 Å². The summed E-state index contributed by atoms with van der Waals surface area (Å²) in [6.07, 6.45) is 7.79. The molecule has 1 amide bonds. The normalized spacial score (nSPS) is 13.9. The highest BCUT2D eigenvalue weighted by molar-refractivity contribution is 5.81. The van der Waals surface area contributed by atoms with Gasteiger partial charge in [-0.3, -0.25) is 4.79 Å². The first-order chi connectivity index (χ1) is 9.63. The van der Waals surface area contributed by atoms with Crippen LogP contribution in [0.5, 0.6) is 0 Å². The van der Waals surface area contributed by atoms with E-state index in [1.54, 1.807) is 6.26 Å². The molecule has 0 bridgehead atoms. The summed E-state index contributed by atoms with van der Waals surface area (Å²) in [5.74, 6) is 0.792. The Morgan fingerprint density at radius 2 is 2.10 bits per heavy atom. The summed E-state index contributed by atoms with van der Waals surface area (Å²) in [7, 11) is 0. The molecule has 1 aromatic rings. The Morgan fingerprint density at radius 3 is 2.75 bits per heavy atom. The van der Waals surface area contributed by atoms with Gasteiger partial charge in [0.1, 0.15) is 5.76 Å². The lowest BCUT2D eigenvalue weighted by atomic mass is 10.1. The van der Waals surface area contributed by atoms with Crippen molar-refractivity contribution in [2.24, 2.45) is 0 Å². The Morgan fingerprint density at radius 1 is 1.30 bits per heavy atom. The van der Waals surface area contributed by atoms with Gasteiger partial charge in [0.2, 0.25) is 5.91 Å². The molecule has 0 fully saturated rings. The summed E-state index contributed by atoms with van der Waals surface area (Å²) in [5, 5.41) is 6.22. The van der Waals surface area contributed by atoms with E-state index in [0.717, 1.165) is 12.2 Å². The van der Waals surface area contributed by atoms with Gasteiger partial charge in [-0.25, -0.2) is 0 Å². The van der Waals surface area contributed by atoms with Gasteiger partial charge in [-0.1, -0.05) is 32.6 Å². The summed E-state index contributed by atoms with van der Waals surface area (Å²) >= 11 is 0. The van der Waals surface area contributed by atoms with Crippen molar-refractivity contribution < 1.29 is 9.21 Å². The van der Waals surface area contributed by atoms with Gasteiger partial charge in [0.05, 0.1) is 18.8 Å². The van der Waals surface area contributed by atoms with Gasteiger partial charge in [0, 0.05) is 6.04 Å². The Hall–Kier alpha value is -1.29. The Balaban J connectivity index is 2.16. The third-order valence-electron chi connectivity index (χ3n) is 3.44. The number of rotatable bonds is 10. The van der Waals surface area contributed by atoms with Gasteiger partial charge in [-0.15, -0.1) is 0 Å². The fourth-order valence-electron chi connectivity index (χ4n) is 2.20. The largest absolute Gasteiger partial charge is 0.467 e. The third kappa shape index (κ3) is 6.75. The number of carbonyl (C=O) groups is 1. The van der Waals surface area contributed by atoms with Gasteiger partial charge in [-0.05, 0) is 32.4 Å². The molecule has 1 heterocycles. The molecule has 2 unspecified atom stereocenters. The zero-order valence-corrected chi connectivity index (χ0v) is 12.9. The quantitative estimate of drug-likeness (QED) is 0.647. The SMILES string of the molecule is CCCCCCC(C)NC(C)C(=O)NCc1ccco1. The zero-order valence-electron chi connectivity index (χ0n) is 12.9. The molecule has 1 aromatic heterocycles. The molecule has 2 N–H and O–H groups in total. The fourth-order valence-corrected chi connectivity index (χ4v) is 2.20. The molecule has 0 aliphatic rings. The first-order valence-electron chi connectivity index (χ1n) is 7.69. The van der Waals surface area contributed by atoms with Crippen LogP contribution in [-0.2, 0) is 11.3 Å². The van der Waals surface area contributed by atoms with Crippen molar-refractivity contribution in [3.05, 3.63) is 24.2 Å². The minimum Gasteiger partial charge on any atom is -0.467 e.